The minimum atomic E-state index is -1.09. The van der Waals surface area contributed by atoms with Gasteiger partial charge in [0.2, 0.25) is 0 Å². The molecule has 9 aromatic rings. The van der Waals surface area contributed by atoms with Crippen molar-refractivity contribution in [3.63, 3.8) is 0 Å². The number of benzene rings is 9. The number of rotatable bonds is 8. The molecule has 9 aromatic carbocycles. The lowest BCUT2D eigenvalue weighted by atomic mass is 9.67. The summed E-state index contributed by atoms with van der Waals surface area (Å²) in [4.78, 5) is 0. The van der Waals surface area contributed by atoms with Gasteiger partial charge in [-0.25, -0.2) is 8.78 Å². The monoisotopic (exact) mass is 873 g/mol. The van der Waals surface area contributed by atoms with Gasteiger partial charge in [0.1, 0.15) is 46.1 Å². The normalized spacial score (nSPS) is 11.7. The molecule has 10 rings (SSSR count). The van der Waals surface area contributed by atoms with Crippen LogP contribution in [0.3, 0.4) is 0 Å². The highest BCUT2D eigenvalue weighted by molar-refractivity contribution is 5.86. The zero-order chi connectivity index (χ0) is 46.2. The second kappa shape index (κ2) is 19.6. The molecular weight excluding hydrogens is 825 g/mol. The average Bonchev–Trinajstić information content (AvgIpc) is 3.61. The fraction of sp³-hybridized carbons (Fsp3) is 0.0690. The van der Waals surface area contributed by atoms with Gasteiger partial charge in [-0.15, -0.1) is 0 Å². The van der Waals surface area contributed by atoms with E-state index in [0.717, 1.165) is 68.0 Å². The predicted molar refractivity (Wildman–Crippen MR) is 264 cm³/mol. The van der Waals surface area contributed by atoms with Crippen molar-refractivity contribution in [1.82, 2.24) is 0 Å². The Hall–Kier alpha value is -8.36. The van der Waals surface area contributed by atoms with E-state index in [-0.39, 0.29) is 5.82 Å². The van der Waals surface area contributed by atoms with Crippen molar-refractivity contribution in [3.8, 4) is 45.6 Å². The molecule has 0 unspecified atom stereocenters. The van der Waals surface area contributed by atoms with E-state index in [2.05, 4.69) is 0 Å². The zero-order valence-corrected chi connectivity index (χ0v) is 36.8. The van der Waals surface area contributed by atoms with E-state index in [1.165, 1.54) is 23.3 Å². The first-order valence-corrected chi connectivity index (χ1v) is 21.5. The minimum Gasteiger partial charge on any atom is -0.457 e. The first kappa shape index (κ1) is 44.3. The third kappa shape index (κ3) is 9.88. The van der Waals surface area contributed by atoms with Crippen molar-refractivity contribution in [2.75, 3.05) is 17.2 Å². The molecule has 0 fully saturated rings. The van der Waals surface area contributed by atoms with Crippen LogP contribution in [-0.2, 0) is 5.41 Å². The molecule has 0 saturated carbocycles. The highest BCUT2D eigenvalue weighted by Crippen LogP contribution is 2.57. The molecule has 0 amide bonds. The molecule has 0 saturated heterocycles. The summed E-state index contributed by atoms with van der Waals surface area (Å²) in [6.45, 7) is 5.94. The molecule has 1 aliphatic rings. The summed E-state index contributed by atoms with van der Waals surface area (Å²) in [6, 6.07) is 63.6. The van der Waals surface area contributed by atoms with Gasteiger partial charge in [0, 0.05) is 28.2 Å². The summed E-state index contributed by atoms with van der Waals surface area (Å²) in [5.41, 5.74) is 25.6. The third-order valence-electron chi connectivity index (χ3n) is 11.2. The lowest BCUT2D eigenvalue weighted by Gasteiger charge is -2.34. The van der Waals surface area contributed by atoms with Crippen LogP contribution >= 0.6 is 0 Å². The number of halogens is 2. The summed E-state index contributed by atoms with van der Waals surface area (Å²) in [7, 11) is 0. The Balaban J connectivity index is 0.000000142. The van der Waals surface area contributed by atoms with Crippen molar-refractivity contribution in [3.05, 3.63) is 257 Å². The molecule has 328 valence electrons. The quantitative estimate of drug-likeness (QED) is 0.131. The van der Waals surface area contributed by atoms with E-state index in [9.17, 15) is 0 Å². The molecule has 66 heavy (non-hydrogen) atoms. The largest absolute Gasteiger partial charge is 0.457 e. The maximum atomic E-state index is 15.5. The molecule has 0 bridgehead atoms. The molecule has 8 heteroatoms. The number of ether oxygens (including phenoxy) is 3. The van der Waals surface area contributed by atoms with Crippen LogP contribution < -0.4 is 31.4 Å². The molecule has 6 N–H and O–H groups in total. The first-order valence-electron chi connectivity index (χ1n) is 21.5. The van der Waals surface area contributed by atoms with Gasteiger partial charge >= 0.3 is 0 Å². The second-order valence-corrected chi connectivity index (χ2v) is 16.1. The van der Waals surface area contributed by atoms with E-state index in [1.54, 1.807) is 18.2 Å². The maximum absolute atomic E-state index is 15.5. The predicted octanol–water partition coefficient (Wildman–Crippen LogP) is 14.7. The van der Waals surface area contributed by atoms with Gasteiger partial charge in [-0.1, -0.05) is 102 Å². The zero-order valence-electron chi connectivity index (χ0n) is 36.8. The van der Waals surface area contributed by atoms with Gasteiger partial charge in [-0.2, -0.15) is 0 Å². The van der Waals surface area contributed by atoms with Gasteiger partial charge in [-0.05, 0) is 164 Å². The Morgan fingerprint density at radius 2 is 0.621 bits per heavy atom. The van der Waals surface area contributed by atoms with Crippen LogP contribution in [0.15, 0.2) is 206 Å². The Bertz CT molecular complexity index is 2860. The molecule has 1 aliphatic carbocycles. The van der Waals surface area contributed by atoms with Crippen LogP contribution in [0, 0.1) is 32.4 Å². The standard InChI is InChI=1S/C26H19F2N.C19H17NO2.C13H13NO/c1-16-10-12-22(24(27)14-16)26(23-13-11-17(29)15-25(23)28)20-8-4-2-6-18(20)19-7-3-5-9-21(19)26;1-14-2-6-16(7-3-14)21-18-10-12-19(13-11-18)22-17-8-4-15(20)5-9-17;1-10-2-6-12(7-3-10)15-13-8-4-11(14)5-9-13/h2-15H,29H2,1H3;2-13H,20H2,1H3;2-9H,14H2,1H3. The highest BCUT2D eigenvalue weighted by Gasteiger charge is 2.48. The van der Waals surface area contributed by atoms with E-state index >= 15 is 8.78 Å². The molecule has 0 aromatic heterocycles. The molecule has 6 nitrogen and oxygen atoms in total. The van der Waals surface area contributed by atoms with Gasteiger partial charge in [-0.3, -0.25) is 0 Å². The Kier molecular flexibility index (Phi) is 13.1. The van der Waals surface area contributed by atoms with Crippen molar-refractivity contribution >= 4 is 17.1 Å². The van der Waals surface area contributed by atoms with E-state index in [0.29, 0.717) is 22.5 Å². The van der Waals surface area contributed by atoms with Crippen LogP contribution in [0.4, 0.5) is 25.8 Å². The number of nitrogen functional groups attached to an aromatic ring is 3. The SMILES string of the molecule is Cc1ccc(C2(c3ccc(N)cc3F)c3ccccc3-c3ccccc32)c(F)c1.Cc1ccc(Oc2ccc(N)cc2)cc1.Cc1ccc(Oc2ccc(Oc3ccc(N)cc3)cc2)cc1. The number of nitrogens with two attached hydrogens (primary N) is 3. The molecule has 0 aliphatic heterocycles. The number of hydrogen-bond acceptors (Lipinski definition) is 6. The molecule has 0 heterocycles. The van der Waals surface area contributed by atoms with Crippen LogP contribution in [0.25, 0.3) is 11.1 Å². The average molecular weight is 874 g/mol. The van der Waals surface area contributed by atoms with Crippen molar-refractivity contribution < 1.29 is 23.0 Å². The van der Waals surface area contributed by atoms with Crippen LogP contribution in [-0.4, -0.2) is 0 Å². The highest BCUT2D eigenvalue weighted by atomic mass is 19.1. The summed E-state index contributed by atoms with van der Waals surface area (Å²) >= 11 is 0. The lowest BCUT2D eigenvalue weighted by molar-refractivity contribution is 0.469. The van der Waals surface area contributed by atoms with Crippen LogP contribution in [0.5, 0.6) is 34.5 Å². The Morgan fingerprint density at radius 1 is 0.318 bits per heavy atom. The maximum Gasteiger partial charge on any atom is 0.130 e. The smallest absolute Gasteiger partial charge is 0.130 e. The third-order valence-corrected chi connectivity index (χ3v) is 11.2. The summed E-state index contributed by atoms with van der Waals surface area (Å²) in [5.74, 6) is 3.93. The van der Waals surface area contributed by atoms with E-state index in [4.69, 9.17) is 31.4 Å². The van der Waals surface area contributed by atoms with Gasteiger partial charge < -0.3 is 31.4 Å². The van der Waals surface area contributed by atoms with E-state index in [1.807, 2.05) is 197 Å². The molecule has 0 spiro atoms. The summed E-state index contributed by atoms with van der Waals surface area (Å²) in [5, 5.41) is 0. The van der Waals surface area contributed by atoms with Crippen LogP contribution in [0.1, 0.15) is 38.9 Å². The molecular formula is C58H49F2N3O3. The Morgan fingerprint density at radius 3 is 1.00 bits per heavy atom. The number of hydrogen-bond donors (Lipinski definition) is 3. The fourth-order valence-electron chi connectivity index (χ4n) is 7.99. The lowest BCUT2D eigenvalue weighted by Crippen LogP contribution is -2.31. The van der Waals surface area contributed by atoms with Gasteiger partial charge in [0.25, 0.3) is 0 Å². The fourth-order valence-corrected chi connectivity index (χ4v) is 7.99. The topological polar surface area (TPSA) is 106 Å². The molecule has 0 radical (unpaired) electrons. The van der Waals surface area contributed by atoms with Crippen LogP contribution in [0.2, 0.25) is 0 Å². The number of anilines is 3. The molecule has 0 atom stereocenters. The summed E-state index contributed by atoms with van der Waals surface area (Å²) in [6.07, 6.45) is 0. The Labute approximate surface area is 384 Å². The first-order chi connectivity index (χ1) is 32.0. The van der Waals surface area contributed by atoms with Crippen molar-refractivity contribution in [2.45, 2.75) is 26.2 Å². The number of fused-ring (bicyclic) bond motifs is 3. The van der Waals surface area contributed by atoms with Crippen molar-refractivity contribution in [2.24, 2.45) is 0 Å². The summed E-state index contributed by atoms with van der Waals surface area (Å²) < 4.78 is 48.1. The van der Waals surface area contributed by atoms with Crippen molar-refractivity contribution in [1.29, 1.82) is 0 Å². The number of aryl methyl sites for hydroxylation is 3. The van der Waals surface area contributed by atoms with Gasteiger partial charge in [0.05, 0.1) is 5.41 Å². The second-order valence-electron chi connectivity index (χ2n) is 16.1. The van der Waals surface area contributed by atoms with E-state index < -0.39 is 11.2 Å². The van der Waals surface area contributed by atoms with Gasteiger partial charge in [0.15, 0.2) is 0 Å². The minimum absolute atomic E-state index is 0.338.